The van der Waals surface area contributed by atoms with Crippen LogP contribution in [0.2, 0.25) is 0 Å². The number of nitrogens with one attached hydrogen (secondary N) is 1. The number of para-hydroxylation sites is 1. The molecule has 0 aliphatic heterocycles. The smallest absolute Gasteiger partial charge is 0.291 e. The molecule has 2 aromatic carbocycles. The lowest BCUT2D eigenvalue weighted by Crippen LogP contribution is -2.38. The van der Waals surface area contributed by atoms with E-state index in [1.165, 1.54) is 10.2 Å². The summed E-state index contributed by atoms with van der Waals surface area (Å²) < 4.78 is 3.30. The SMILES string of the molecule is CC[C@H](C)NC(=O)Cn1ncc2c3ccccc3n(Cc3ccccc3C)c2c1=O. The number of carbonyl (C=O) groups is 1. The minimum absolute atomic E-state index is 0.0597. The van der Waals surface area contributed by atoms with Crippen molar-refractivity contribution in [3.8, 4) is 0 Å². The Morgan fingerprint density at radius 3 is 2.60 bits per heavy atom. The van der Waals surface area contributed by atoms with Crippen molar-refractivity contribution in [1.29, 1.82) is 0 Å². The average molecular weight is 402 g/mol. The fraction of sp³-hybridized carbons (Fsp3) is 0.292. The maximum atomic E-state index is 13.4. The Morgan fingerprint density at radius 1 is 1.10 bits per heavy atom. The normalized spacial score (nSPS) is 12.4. The zero-order valence-electron chi connectivity index (χ0n) is 17.6. The van der Waals surface area contributed by atoms with Gasteiger partial charge in [0.25, 0.3) is 5.56 Å². The van der Waals surface area contributed by atoms with Crippen molar-refractivity contribution in [1.82, 2.24) is 19.7 Å². The summed E-state index contributed by atoms with van der Waals surface area (Å²) >= 11 is 0. The number of hydrogen-bond acceptors (Lipinski definition) is 3. The first kappa shape index (κ1) is 19.9. The molecule has 0 aliphatic carbocycles. The molecule has 154 valence electrons. The Labute approximate surface area is 175 Å². The topological polar surface area (TPSA) is 68.9 Å². The Balaban J connectivity index is 1.85. The number of aromatic nitrogens is 3. The van der Waals surface area contributed by atoms with Crippen LogP contribution < -0.4 is 10.9 Å². The van der Waals surface area contributed by atoms with Crippen LogP contribution >= 0.6 is 0 Å². The molecule has 0 unspecified atom stereocenters. The number of amides is 1. The van der Waals surface area contributed by atoms with Crippen LogP contribution in [0.4, 0.5) is 0 Å². The molecule has 0 bridgehead atoms. The molecule has 4 rings (SSSR count). The van der Waals surface area contributed by atoms with Crippen LogP contribution in [0, 0.1) is 6.92 Å². The highest BCUT2D eigenvalue weighted by molar-refractivity contribution is 6.07. The van der Waals surface area contributed by atoms with Gasteiger partial charge in [-0.15, -0.1) is 0 Å². The van der Waals surface area contributed by atoms with Crippen molar-refractivity contribution in [2.45, 2.75) is 46.3 Å². The first-order chi connectivity index (χ1) is 14.5. The summed E-state index contributed by atoms with van der Waals surface area (Å²) in [6.45, 7) is 6.51. The van der Waals surface area contributed by atoms with E-state index in [9.17, 15) is 9.59 Å². The van der Waals surface area contributed by atoms with Crippen LogP contribution in [0.3, 0.4) is 0 Å². The monoisotopic (exact) mass is 402 g/mol. The fourth-order valence-electron chi connectivity index (χ4n) is 3.79. The average Bonchev–Trinajstić information content (AvgIpc) is 3.06. The molecule has 0 spiro atoms. The maximum absolute atomic E-state index is 13.4. The van der Waals surface area contributed by atoms with E-state index in [1.54, 1.807) is 6.20 Å². The largest absolute Gasteiger partial charge is 0.352 e. The number of benzene rings is 2. The molecule has 0 radical (unpaired) electrons. The zero-order chi connectivity index (χ0) is 21.3. The summed E-state index contributed by atoms with van der Waals surface area (Å²) in [7, 11) is 0. The van der Waals surface area contributed by atoms with Crippen molar-refractivity contribution in [2.24, 2.45) is 0 Å². The molecule has 6 nitrogen and oxygen atoms in total. The molecule has 1 atom stereocenters. The second-order valence-corrected chi connectivity index (χ2v) is 7.78. The van der Waals surface area contributed by atoms with E-state index in [-0.39, 0.29) is 24.1 Å². The molecule has 0 saturated carbocycles. The Hall–Kier alpha value is -3.41. The minimum Gasteiger partial charge on any atom is -0.352 e. The van der Waals surface area contributed by atoms with E-state index in [0.29, 0.717) is 12.1 Å². The van der Waals surface area contributed by atoms with Gasteiger partial charge >= 0.3 is 0 Å². The van der Waals surface area contributed by atoms with Gasteiger partial charge in [0.05, 0.1) is 6.20 Å². The van der Waals surface area contributed by atoms with Gasteiger partial charge in [0.15, 0.2) is 0 Å². The van der Waals surface area contributed by atoms with E-state index in [4.69, 9.17) is 0 Å². The van der Waals surface area contributed by atoms with Crippen LogP contribution in [0.5, 0.6) is 0 Å². The molecule has 1 amide bonds. The molecule has 6 heteroatoms. The fourth-order valence-corrected chi connectivity index (χ4v) is 3.79. The summed E-state index contributed by atoms with van der Waals surface area (Å²) in [4.78, 5) is 25.7. The van der Waals surface area contributed by atoms with Gasteiger partial charge in [-0.05, 0) is 37.5 Å². The Bertz CT molecular complexity index is 1290. The second-order valence-electron chi connectivity index (χ2n) is 7.78. The van der Waals surface area contributed by atoms with Gasteiger partial charge in [-0.1, -0.05) is 49.4 Å². The summed E-state index contributed by atoms with van der Waals surface area (Å²) in [5, 5.41) is 8.99. The summed E-state index contributed by atoms with van der Waals surface area (Å²) in [6.07, 6.45) is 2.53. The Morgan fingerprint density at radius 2 is 1.83 bits per heavy atom. The molecule has 0 saturated heterocycles. The van der Waals surface area contributed by atoms with Gasteiger partial charge in [-0.2, -0.15) is 5.10 Å². The lowest BCUT2D eigenvalue weighted by atomic mass is 10.1. The molecular formula is C24H26N4O2. The molecule has 2 heterocycles. The van der Waals surface area contributed by atoms with Crippen molar-refractivity contribution in [3.05, 3.63) is 76.2 Å². The molecule has 2 aromatic heterocycles. The molecule has 1 N–H and O–H groups in total. The lowest BCUT2D eigenvalue weighted by molar-refractivity contribution is -0.122. The third-order valence-electron chi connectivity index (χ3n) is 5.68. The first-order valence-corrected chi connectivity index (χ1v) is 10.3. The van der Waals surface area contributed by atoms with Gasteiger partial charge in [-0.25, -0.2) is 4.68 Å². The number of nitrogens with zero attached hydrogens (tertiary/aromatic N) is 3. The predicted octanol–water partition coefficient (Wildman–Crippen LogP) is 3.62. The number of rotatable bonds is 6. The van der Waals surface area contributed by atoms with Crippen LogP contribution in [0.15, 0.2) is 59.5 Å². The highest BCUT2D eigenvalue weighted by Gasteiger charge is 2.18. The zero-order valence-corrected chi connectivity index (χ0v) is 17.6. The molecular weight excluding hydrogens is 376 g/mol. The third kappa shape index (κ3) is 3.61. The number of carbonyl (C=O) groups excluding carboxylic acids is 1. The number of fused-ring (bicyclic) bond motifs is 3. The van der Waals surface area contributed by atoms with Crippen molar-refractivity contribution in [3.63, 3.8) is 0 Å². The van der Waals surface area contributed by atoms with Gasteiger partial charge in [0.1, 0.15) is 12.1 Å². The van der Waals surface area contributed by atoms with Crippen LogP contribution in [-0.4, -0.2) is 26.3 Å². The van der Waals surface area contributed by atoms with Gasteiger partial charge in [0.2, 0.25) is 5.91 Å². The summed E-state index contributed by atoms with van der Waals surface area (Å²) in [6, 6.07) is 16.2. The van der Waals surface area contributed by atoms with Gasteiger partial charge in [0, 0.05) is 28.9 Å². The van der Waals surface area contributed by atoms with E-state index < -0.39 is 0 Å². The standard InChI is InChI=1S/C24H26N4O2/c1-4-17(3)26-22(29)15-28-24(30)23-20(13-25-28)19-11-7-8-12-21(19)27(23)14-18-10-6-5-9-16(18)2/h5-13,17H,4,14-15H2,1-3H3,(H,26,29)/t17-/m0/s1. The van der Waals surface area contributed by atoms with E-state index in [2.05, 4.69) is 29.5 Å². The molecule has 0 fully saturated rings. The lowest BCUT2D eigenvalue weighted by Gasteiger charge is -2.13. The van der Waals surface area contributed by atoms with Crippen molar-refractivity contribution >= 4 is 27.7 Å². The van der Waals surface area contributed by atoms with Crippen LogP contribution in [0.1, 0.15) is 31.4 Å². The summed E-state index contributed by atoms with van der Waals surface area (Å²) in [5.41, 5.74) is 3.63. The second kappa shape index (κ2) is 8.14. The highest BCUT2D eigenvalue weighted by atomic mass is 16.2. The minimum atomic E-state index is -0.253. The summed E-state index contributed by atoms with van der Waals surface area (Å²) in [5.74, 6) is -0.208. The quantitative estimate of drug-likeness (QED) is 0.536. The molecule has 30 heavy (non-hydrogen) atoms. The van der Waals surface area contributed by atoms with E-state index in [1.807, 2.05) is 54.8 Å². The van der Waals surface area contributed by atoms with Crippen molar-refractivity contribution in [2.75, 3.05) is 0 Å². The van der Waals surface area contributed by atoms with Gasteiger partial charge in [-0.3, -0.25) is 9.59 Å². The van der Waals surface area contributed by atoms with E-state index >= 15 is 0 Å². The third-order valence-corrected chi connectivity index (χ3v) is 5.68. The molecule has 0 aliphatic rings. The maximum Gasteiger partial charge on any atom is 0.291 e. The van der Waals surface area contributed by atoms with Crippen molar-refractivity contribution < 1.29 is 4.79 Å². The van der Waals surface area contributed by atoms with E-state index in [0.717, 1.165) is 28.3 Å². The Kier molecular flexibility index (Phi) is 5.40. The number of hydrogen-bond donors (Lipinski definition) is 1. The predicted molar refractivity (Wildman–Crippen MR) is 120 cm³/mol. The van der Waals surface area contributed by atoms with Gasteiger partial charge < -0.3 is 9.88 Å². The van der Waals surface area contributed by atoms with Crippen LogP contribution in [0.25, 0.3) is 21.8 Å². The van der Waals surface area contributed by atoms with Crippen LogP contribution in [-0.2, 0) is 17.9 Å². The highest BCUT2D eigenvalue weighted by Crippen LogP contribution is 2.27. The first-order valence-electron chi connectivity index (χ1n) is 10.3. The molecule has 4 aromatic rings. The number of aryl methyl sites for hydroxylation is 1.